The Morgan fingerprint density at radius 1 is 0.714 bits per heavy atom. The minimum absolute atomic E-state index is 0.124. The van der Waals surface area contributed by atoms with E-state index in [9.17, 15) is 19.8 Å². The second kappa shape index (κ2) is 10.2. The minimum Gasteiger partial charge on any atom is -0.459 e. The van der Waals surface area contributed by atoms with Crippen LogP contribution in [-0.4, -0.2) is 35.4 Å². The van der Waals surface area contributed by atoms with Crippen molar-refractivity contribution < 1.29 is 29.3 Å². The van der Waals surface area contributed by atoms with Gasteiger partial charge < -0.3 is 19.7 Å². The highest BCUT2D eigenvalue weighted by Crippen LogP contribution is 2.22. The zero-order valence-electron chi connectivity index (χ0n) is 15.3. The molecule has 0 heterocycles. The molecule has 146 valence electrons. The normalized spacial score (nSPS) is 12.5. The molecule has 0 fully saturated rings. The van der Waals surface area contributed by atoms with Gasteiger partial charge in [0.1, 0.15) is 25.4 Å². The van der Waals surface area contributed by atoms with Crippen LogP contribution in [0.25, 0.3) is 0 Å². The van der Waals surface area contributed by atoms with Crippen LogP contribution in [0.4, 0.5) is 0 Å². The second-order valence-corrected chi connectivity index (χ2v) is 5.95. The lowest BCUT2D eigenvalue weighted by Gasteiger charge is -2.15. The summed E-state index contributed by atoms with van der Waals surface area (Å²) in [5.74, 6) is -1.59. The molecule has 0 aliphatic carbocycles. The van der Waals surface area contributed by atoms with E-state index in [1.165, 1.54) is 0 Å². The highest BCUT2D eigenvalue weighted by Gasteiger charge is 2.21. The maximum atomic E-state index is 11.9. The number of aliphatic hydroxyl groups is 2. The summed E-state index contributed by atoms with van der Waals surface area (Å²) in [7, 11) is 0. The van der Waals surface area contributed by atoms with E-state index in [4.69, 9.17) is 9.47 Å². The Balaban J connectivity index is 1.75. The average Bonchev–Trinajstić information content (AvgIpc) is 2.75. The Bertz CT molecular complexity index is 757. The van der Waals surface area contributed by atoms with Crippen molar-refractivity contribution in [1.82, 2.24) is 0 Å². The lowest BCUT2D eigenvalue weighted by molar-refractivity contribution is -0.148. The van der Waals surface area contributed by atoms with Gasteiger partial charge in [0.15, 0.2) is 0 Å². The van der Waals surface area contributed by atoms with Crippen LogP contribution in [0.1, 0.15) is 23.3 Å². The summed E-state index contributed by atoms with van der Waals surface area (Å²) in [4.78, 5) is 23.9. The molecule has 0 bridgehead atoms. The van der Waals surface area contributed by atoms with Gasteiger partial charge in [-0.25, -0.2) is 9.59 Å². The van der Waals surface area contributed by atoms with Crippen molar-refractivity contribution >= 4 is 11.9 Å². The van der Waals surface area contributed by atoms with Crippen molar-refractivity contribution in [2.45, 2.75) is 12.2 Å². The zero-order chi connectivity index (χ0) is 20.5. The second-order valence-electron chi connectivity index (χ2n) is 5.95. The molecular weight excluding hydrogens is 360 g/mol. The lowest BCUT2D eigenvalue weighted by atomic mass is 10.0. The van der Waals surface area contributed by atoms with Crippen molar-refractivity contribution in [3.8, 4) is 0 Å². The Hall–Kier alpha value is -3.22. The smallest absolute Gasteiger partial charge is 0.336 e. The number of esters is 2. The van der Waals surface area contributed by atoms with Crippen LogP contribution in [0.5, 0.6) is 0 Å². The molecule has 2 rings (SSSR count). The molecule has 28 heavy (non-hydrogen) atoms. The van der Waals surface area contributed by atoms with E-state index in [-0.39, 0.29) is 24.4 Å². The van der Waals surface area contributed by atoms with Crippen molar-refractivity contribution in [2.24, 2.45) is 0 Å². The van der Waals surface area contributed by atoms with Crippen LogP contribution < -0.4 is 0 Å². The molecule has 0 spiro atoms. The largest absolute Gasteiger partial charge is 0.459 e. The van der Waals surface area contributed by atoms with Crippen molar-refractivity contribution in [3.05, 3.63) is 96.1 Å². The van der Waals surface area contributed by atoms with Gasteiger partial charge in [0, 0.05) is 0 Å². The maximum Gasteiger partial charge on any atom is 0.336 e. The Labute approximate surface area is 163 Å². The van der Waals surface area contributed by atoms with Gasteiger partial charge in [-0.2, -0.15) is 0 Å². The maximum absolute atomic E-state index is 11.9. The van der Waals surface area contributed by atoms with E-state index >= 15 is 0 Å². The molecule has 0 saturated heterocycles. The van der Waals surface area contributed by atoms with E-state index in [2.05, 4.69) is 13.2 Å². The third-order valence-corrected chi connectivity index (χ3v) is 3.96. The van der Waals surface area contributed by atoms with Crippen LogP contribution in [0.15, 0.2) is 85.0 Å². The van der Waals surface area contributed by atoms with Crippen molar-refractivity contribution in [2.75, 3.05) is 13.2 Å². The van der Waals surface area contributed by atoms with Crippen LogP contribution in [0.3, 0.4) is 0 Å². The molecule has 0 aliphatic rings. The molecular formula is C22H22O6. The monoisotopic (exact) mass is 382 g/mol. The Kier molecular flexibility index (Phi) is 7.68. The number of hydrogen-bond donors (Lipinski definition) is 2. The molecule has 2 aromatic carbocycles. The van der Waals surface area contributed by atoms with E-state index in [1.54, 1.807) is 60.7 Å². The predicted molar refractivity (Wildman–Crippen MR) is 103 cm³/mol. The van der Waals surface area contributed by atoms with E-state index in [0.29, 0.717) is 11.1 Å². The summed E-state index contributed by atoms with van der Waals surface area (Å²) in [6.45, 7) is 6.66. The molecule has 6 heteroatoms. The minimum atomic E-state index is -1.18. The molecule has 0 aliphatic heterocycles. The molecule has 0 saturated carbocycles. The van der Waals surface area contributed by atoms with Gasteiger partial charge in [0.05, 0.1) is 11.1 Å². The number of carbonyl (C=O) groups is 2. The fourth-order valence-corrected chi connectivity index (χ4v) is 2.35. The quantitative estimate of drug-likeness (QED) is 0.393. The first-order valence-electron chi connectivity index (χ1n) is 8.59. The Morgan fingerprint density at radius 3 is 1.36 bits per heavy atom. The summed E-state index contributed by atoms with van der Waals surface area (Å²) >= 11 is 0. The number of ether oxygens (including phenoxy) is 2. The van der Waals surface area contributed by atoms with Crippen LogP contribution in [-0.2, 0) is 19.1 Å². The number of hydrogen-bond acceptors (Lipinski definition) is 6. The fraction of sp³-hybridized carbons (Fsp3) is 0.182. The van der Waals surface area contributed by atoms with Gasteiger partial charge in [-0.3, -0.25) is 0 Å². The average molecular weight is 382 g/mol. The zero-order valence-corrected chi connectivity index (χ0v) is 15.3. The summed E-state index contributed by atoms with van der Waals surface area (Å²) in [5.41, 5.74) is 0.784. The molecule has 0 amide bonds. The third-order valence-electron chi connectivity index (χ3n) is 3.96. The van der Waals surface area contributed by atoms with Crippen LogP contribution >= 0.6 is 0 Å². The van der Waals surface area contributed by atoms with E-state index in [0.717, 1.165) is 0 Å². The molecule has 2 unspecified atom stereocenters. The lowest BCUT2D eigenvalue weighted by Crippen LogP contribution is -2.19. The Morgan fingerprint density at radius 2 is 1.04 bits per heavy atom. The summed E-state index contributed by atoms with van der Waals surface area (Å²) in [6, 6.07) is 17.1. The highest BCUT2D eigenvalue weighted by molar-refractivity contribution is 5.89. The summed E-state index contributed by atoms with van der Waals surface area (Å²) < 4.78 is 9.91. The molecule has 6 nitrogen and oxygen atoms in total. The standard InChI is InChI=1S/C22H22O6/c1-15(19(23)17-9-5-3-6-10-17)21(25)27-13-14-28-22(26)16(2)20(24)18-11-7-4-8-12-18/h3-12,19-20,23-24H,1-2,13-14H2. The van der Waals surface area contributed by atoms with Gasteiger partial charge in [0.25, 0.3) is 0 Å². The first-order chi connectivity index (χ1) is 13.4. The van der Waals surface area contributed by atoms with Crippen molar-refractivity contribution in [3.63, 3.8) is 0 Å². The highest BCUT2D eigenvalue weighted by atomic mass is 16.6. The van der Waals surface area contributed by atoms with Gasteiger partial charge in [-0.15, -0.1) is 0 Å². The van der Waals surface area contributed by atoms with E-state index in [1.807, 2.05) is 0 Å². The third kappa shape index (κ3) is 5.64. The van der Waals surface area contributed by atoms with Crippen molar-refractivity contribution in [1.29, 1.82) is 0 Å². The SMILES string of the molecule is C=C(C(=O)OCCOC(=O)C(=C)C(O)c1ccccc1)C(O)c1ccccc1. The van der Waals surface area contributed by atoms with Crippen LogP contribution in [0, 0.1) is 0 Å². The van der Waals surface area contributed by atoms with E-state index < -0.39 is 24.1 Å². The summed E-state index contributed by atoms with van der Waals surface area (Å²) in [5, 5.41) is 20.2. The number of carbonyl (C=O) groups excluding carboxylic acids is 2. The first kappa shape index (κ1) is 21.1. The first-order valence-corrected chi connectivity index (χ1v) is 8.59. The molecule has 2 aromatic rings. The fourth-order valence-electron chi connectivity index (χ4n) is 2.35. The number of rotatable bonds is 9. The van der Waals surface area contributed by atoms with Gasteiger partial charge in [-0.1, -0.05) is 73.8 Å². The predicted octanol–water partition coefficient (Wildman–Crippen LogP) is 2.65. The topological polar surface area (TPSA) is 93.1 Å². The number of benzene rings is 2. The molecule has 2 atom stereocenters. The number of aliphatic hydroxyl groups excluding tert-OH is 2. The van der Waals surface area contributed by atoms with Crippen LogP contribution in [0.2, 0.25) is 0 Å². The molecule has 0 aromatic heterocycles. The summed E-state index contributed by atoms with van der Waals surface area (Å²) in [6.07, 6.45) is -2.37. The van der Waals surface area contributed by atoms with Gasteiger partial charge in [0.2, 0.25) is 0 Å². The van der Waals surface area contributed by atoms with Gasteiger partial charge >= 0.3 is 11.9 Å². The molecule has 2 N–H and O–H groups in total. The van der Waals surface area contributed by atoms with Gasteiger partial charge in [-0.05, 0) is 11.1 Å². The molecule has 0 radical (unpaired) electrons.